The van der Waals surface area contributed by atoms with E-state index in [-0.39, 0.29) is 22.9 Å². The van der Waals surface area contributed by atoms with Crippen molar-refractivity contribution < 1.29 is 14.3 Å². The van der Waals surface area contributed by atoms with Crippen LogP contribution in [0.2, 0.25) is 0 Å². The average molecular weight is 324 g/mol. The van der Waals surface area contributed by atoms with Crippen molar-refractivity contribution in [3.63, 3.8) is 0 Å². The first-order valence-corrected chi connectivity index (χ1v) is 7.38. The topological polar surface area (TPSA) is 101 Å². The molecule has 2 heterocycles. The molecule has 3 rings (SSSR count). The number of benzene rings is 1. The SMILES string of the molecule is COC(=O)c1c(N)c(C#N)cn1-c1ccc2c(c1)N(C(C)=O)CC2. The highest BCUT2D eigenvalue weighted by Gasteiger charge is 2.25. The highest BCUT2D eigenvalue weighted by molar-refractivity contribution is 5.97. The average Bonchev–Trinajstić information content (AvgIpc) is 3.14. The highest BCUT2D eigenvalue weighted by Crippen LogP contribution is 2.32. The minimum Gasteiger partial charge on any atom is -0.464 e. The van der Waals surface area contributed by atoms with E-state index in [1.807, 2.05) is 24.3 Å². The molecule has 1 aromatic heterocycles. The van der Waals surface area contributed by atoms with Crippen LogP contribution >= 0.6 is 0 Å². The molecular formula is C17H16N4O3. The van der Waals surface area contributed by atoms with Crippen molar-refractivity contribution in [2.24, 2.45) is 0 Å². The molecule has 0 unspecified atom stereocenters. The molecule has 122 valence electrons. The lowest BCUT2D eigenvalue weighted by atomic mass is 10.1. The van der Waals surface area contributed by atoms with E-state index in [0.29, 0.717) is 12.2 Å². The Morgan fingerprint density at radius 3 is 2.75 bits per heavy atom. The second kappa shape index (κ2) is 5.74. The number of anilines is 2. The lowest BCUT2D eigenvalue weighted by Crippen LogP contribution is -2.25. The zero-order valence-electron chi connectivity index (χ0n) is 13.4. The zero-order chi connectivity index (χ0) is 17.4. The molecule has 0 saturated carbocycles. The Morgan fingerprint density at radius 1 is 1.38 bits per heavy atom. The maximum atomic E-state index is 12.1. The smallest absolute Gasteiger partial charge is 0.357 e. The third-order valence-corrected chi connectivity index (χ3v) is 4.17. The third kappa shape index (κ3) is 2.29. The van der Waals surface area contributed by atoms with Crippen LogP contribution in [-0.4, -0.2) is 30.1 Å². The Bertz CT molecular complexity index is 892. The van der Waals surface area contributed by atoms with Gasteiger partial charge in [0.25, 0.3) is 0 Å². The number of methoxy groups -OCH3 is 1. The van der Waals surface area contributed by atoms with Crippen LogP contribution < -0.4 is 10.6 Å². The molecule has 0 bridgehead atoms. The molecule has 2 aromatic rings. The first-order chi connectivity index (χ1) is 11.5. The summed E-state index contributed by atoms with van der Waals surface area (Å²) in [6, 6.07) is 7.52. The Hall–Kier alpha value is -3.27. The number of fused-ring (bicyclic) bond motifs is 1. The summed E-state index contributed by atoms with van der Waals surface area (Å²) < 4.78 is 6.30. The van der Waals surface area contributed by atoms with Crippen LogP contribution in [0.4, 0.5) is 11.4 Å². The van der Waals surface area contributed by atoms with E-state index in [0.717, 1.165) is 17.7 Å². The molecule has 0 aliphatic carbocycles. The van der Waals surface area contributed by atoms with Crippen LogP contribution in [0, 0.1) is 11.3 Å². The maximum Gasteiger partial charge on any atom is 0.357 e. The van der Waals surface area contributed by atoms with Gasteiger partial charge in [-0.05, 0) is 24.1 Å². The largest absolute Gasteiger partial charge is 0.464 e. The van der Waals surface area contributed by atoms with Gasteiger partial charge in [0.15, 0.2) is 5.69 Å². The van der Waals surface area contributed by atoms with Gasteiger partial charge in [-0.25, -0.2) is 4.79 Å². The van der Waals surface area contributed by atoms with Crippen molar-refractivity contribution in [1.82, 2.24) is 4.57 Å². The molecule has 1 aromatic carbocycles. The number of carbonyl (C=O) groups is 2. The molecule has 1 aliphatic rings. The summed E-state index contributed by atoms with van der Waals surface area (Å²) in [7, 11) is 1.26. The number of rotatable bonds is 2. The third-order valence-electron chi connectivity index (χ3n) is 4.17. The van der Waals surface area contributed by atoms with Crippen LogP contribution in [0.15, 0.2) is 24.4 Å². The van der Waals surface area contributed by atoms with E-state index in [1.54, 1.807) is 4.90 Å². The number of aromatic nitrogens is 1. The Balaban J connectivity index is 2.18. The number of hydrogen-bond acceptors (Lipinski definition) is 5. The van der Waals surface area contributed by atoms with Gasteiger partial charge in [0.2, 0.25) is 5.91 Å². The van der Waals surface area contributed by atoms with E-state index < -0.39 is 5.97 Å². The normalized spacial score (nSPS) is 12.6. The summed E-state index contributed by atoms with van der Waals surface area (Å²) in [5.41, 5.74) is 8.78. The van der Waals surface area contributed by atoms with E-state index in [2.05, 4.69) is 0 Å². The number of hydrogen-bond donors (Lipinski definition) is 1. The van der Waals surface area contributed by atoms with Gasteiger partial charge < -0.3 is 19.9 Å². The molecule has 1 amide bonds. The lowest BCUT2D eigenvalue weighted by Gasteiger charge is -2.16. The van der Waals surface area contributed by atoms with Crippen molar-refractivity contribution in [2.75, 3.05) is 24.3 Å². The predicted octanol–water partition coefficient (Wildman–Crippen LogP) is 1.63. The molecule has 0 saturated heterocycles. The Kier molecular flexibility index (Phi) is 3.73. The number of esters is 1. The van der Waals surface area contributed by atoms with E-state index in [9.17, 15) is 14.9 Å². The monoisotopic (exact) mass is 324 g/mol. The van der Waals surface area contributed by atoms with Crippen LogP contribution in [0.5, 0.6) is 0 Å². The van der Waals surface area contributed by atoms with Gasteiger partial charge in [0, 0.05) is 31.0 Å². The molecule has 24 heavy (non-hydrogen) atoms. The molecule has 0 spiro atoms. The molecule has 0 atom stereocenters. The van der Waals surface area contributed by atoms with Gasteiger partial charge in [-0.2, -0.15) is 5.26 Å². The number of nitrogens with zero attached hydrogens (tertiary/aromatic N) is 3. The standard InChI is InChI=1S/C17H16N4O3/c1-10(22)20-6-5-11-3-4-13(7-14(11)20)21-9-12(8-18)15(19)16(21)17(23)24-2/h3-4,7,9H,5-6,19H2,1-2H3. The molecule has 0 fully saturated rings. The van der Waals surface area contributed by atoms with Crippen LogP contribution in [0.1, 0.15) is 28.5 Å². The predicted molar refractivity (Wildman–Crippen MR) is 88.0 cm³/mol. The van der Waals surface area contributed by atoms with Gasteiger partial charge in [-0.15, -0.1) is 0 Å². The summed E-state index contributed by atoms with van der Waals surface area (Å²) in [6.07, 6.45) is 2.28. The van der Waals surface area contributed by atoms with Crippen LogP contribution in [0.25, 0.3) is 5.69 Å². The van der Waals surface area contributed by atoms with Crippen LogP contribution in [-0.2, 0) is 16.0 Å². The van der Waals surface area contributed by atoms with Gasteiger partial charge in [0.1, 0.15) is 6.07 Å². The van der Waals surface area contributed by atoms with Crippen molar-refractivity contribution in [2.45, 2.75) is 13.3 Å². The summed E-state index contributed by atoms with van der Waals surface area (Å²) >= 11 is 0. The van der Waals surface area contributed by atoms with Crippen molar-refractivity contribution in [1.29, 1.82) is 5.26 Å². The molecule has 7 heteroatoms. The first kappa shape index (κ1) is 15.6. The van der Waals surface area contributed by atoms with E-state index >= 15 is 0 Å². The quantitative estimate of drug-likeness (QED) is 0.846. The number of nitrogen functional groups attached to an aromatic ring is 1. The summed E-state index contributed by atoms with van der Waals surface area (Å²) in [5, 5.41) is 9.18. The lowest BCUT2D eigenvalue weighted by molar-refractivity contribution is -0.116. The minimum atomic E-state index is -0.627. The fourth-order valence-corrected chi connectivity index (χ4v) is 2.96. The summed E-state index contributed by atoms with van der Waals surface area (Å²) in [6.45, 7) is 2.15. The van der Waals surface area contributed by atoms with E-state index in [1.165, 1.54) is 24.8 Å². The van der Waals surface area contributed by atoms with Crippen molar-refractivity contribution in [3.05, 3.63) is 41.2 Å². The van der Waals surface area contributed by atoms with Crippen molar-refractivity contribution >= 4 is 23.3 Å². The number of nitriles is 1. The van der Waals surface area contributed by atoms with Gasteiger partial charge in [0.05, 0.1) is 18.4 Å². The van der Waals surface area contributed by atoms with Gasteiger partial charge >= 0.3 is 5.97 Å². The number of amides is 1. The second-order valence-electron chi connectivity index (χ2n) is 5.51. The van der Waals surface area contributed by atoms with Gasteiger partial charge in [-0.3, -0.25) is 4.79 Å². The Labute approximate surface area is 138 Å². The van der Waals surface area contributed by atoms with Crippen LogP contribution in [0.3, 0.4) is 0 Å². The molecular weight excluding hydrogens is 308 g/mol. The summed E-state index contributed by atoms with van der Waals surface area (Å²) in [4.78, 5) is 25.5. The first-order valence-electron chi connectivity index (χ1n) is 7.38. The van der Waals surface area contributed by atoms with Crippen molar-refractivity contribution in [3.8, 4) is 11.8 Å². The zero-order valence-corrected chi connectivity index (χ0v) is 13.4. The molecule has 1 aliphatic heterocycles. The maximum absolute atomic E-state index is 12.1. The molecule has 7 nitrogen and oxygen atoms in total. The summed E-state index contributed by atoms with van der Waals surface area (Å²) in [5.74, 6) is -0.665. The fourth-order valence-electron chi connectivity index (χ4n) is 2.96. The Morgan fingerprint density at radius 2 is 2.12 bits per heavy atom. The second-order valence-corrected chi connectivity index (χ2v) is 5.51. The molecule has 0 radical (unpaired) electrons. The highest BCUT2D eigenvalue weighted by atomic mass is 16.5. The number of carbonyl (C=O) groups excluding carboxylic acids is 2. The van der Waals surface area contributed by atoms with E-state index in [4.69, 9.17) is 10.5 Å². The molecule has 2 N–H and O–H groups in total. The number of nitrogens with two attached hydrogens (primary N) is 1. The van der Waals surface area contributed by atoms with Gasteiger partial charge in [-0.1, -0.05) is 6.07 Å². The fraction of sp³-hybridized carbons (Fsp3) is 0.235. The number of ether oxygens (including phenoxy) is 1. The minimum absolute atomic E-state index is 0.0381.